The molecule has 0 fully saturated rings. The van der Waals surface area contributed by atoms with Crippen LogP contribution in [0.1, 0.15) is 32.3 Å². The summed E-state index contributed by atoms with van der Waals surface area (Å²) in [5.41, 5.74) is 1.09. The van der Waals surface area contributed by atoms with Crippen molar-refractivity contribution in [3.8, 4) is 11.8 Å². The van der Waals surface area contributed by atoms with E-state index in [1.54, 1.807) is 0 Å². The smallest absolute Gasteiger partial charge is 0.0741 e. The molecule has 1 nitrogen and oxygen atoms in total. The van der Waals surface area contributed by atoms with Crippen molar-refractivity contribution in [2.45, 2.75) is 32.8 Å². The van der Waals surface area contributed by atoms with Gasteiger partial charge in [0.25, 0.3) is 0 Å². The average molecular weight is 202 g/mol. The number of aliphatic hydroxyl groups excluding tert-OH is 1. The monoisotopic (exact) mass is 202 g/mol. The van der Waals surface area contributed by atoms with Crippen LogP contribution in [0.25, 0.3) is 0 Å². The Hall–Kier alpha value is -1.26. The van der Waals surface area contributed by atoms with Crippen molar-refractivity contribution in [2.24, 2.45) is 5.92 Å². The molecule has 0 aromatic heterocycles. The normalized spacial score (nSPS) is 14.2. The summed E-state index contributed by atoms with van der Waals surface area (Å²) in [5.74, 6) is 6.12. The molecule has 2 atom stereocenters. The van der Waals surface area contributed by atoms with Crippen LogP contribution in [0.5, 0.6) is 0 Å². The maximum atomic E-state index is 10.1. The molecule has 0 heterocycles. The topological polar surface area (TPSA) is 20.2 Å². The minimum atomic E-state index is -0.403. The molecule has 0 saturated heterocycles. The van der Waals surface area contributed by atoms with Gasteiger partial charge >= 0.3 is 0 Å². The van der Waals surface area contributed by atoms with Gasteiger partial charge < -0.3 is 5.11 Å². The van der Waals surface area contributed by atoms with E-state index >= 15 is 0 Å². The SMILES string of the molecule is CC#C[C@@H](c1ccccc1)[C@H](O)C(C)C. The van der Waals surface area contributed by atoms with Crippen molar-refractivity contribution in [1.29, 1.82) is 0 Å². The van der Waals surface area contributed by atoms with Crippen LogP contribution in [0.2, 0.25) is 0 Å². The van der Waals surface area contributed by atoms with Gasteiger partial charge in [-0.3, -0.25) is 0 Å². The van der Waals surface area contributed by atoms with E-state index in [1.165, 1.54) is 0 Å². The maximum Gasteiger partial charge on any atom is 0.0741 e. The predicted molar refractivity (Wildman–Crippen MR) is 63.5 cm³/mol. The Morgan fingerprint density at radius 3 is 2.20 bits per heavy atom. The van der Waals surface area contributed by atoms with E-state index in [9.17, 15) is 5.11 Å². The van der Waals surface area contributed by atoms with E-state index in [4.69, 9.17) is 0 Å². The first-order valence-corrected chi connectivity index (χ1v) is 5.32. The summed E-state index contributed by atoms with van der Waals surface area (Å²) in [4.78, 5) is 0. The van der Waals surface area contributed by atoms with Gasteiger partial charge in [0.1, 0.15) is 0 Å². The molecule has 0 bridgehead atoms. The number of hydrogen-bond acceptors (Lipinski definition) is 1. The highest BCUT2D eigenvalue weighted by Crippen LogP contribution is 2.23. The molecule has 1 N–H and O–H groups in total. The zero-order chi connectivity index (χ0) is 11.3. The summed E-state index contributed by atoms with van der Waals surface area (Å²) in [6, 6.07) is 9.96. The zero-order valence-electron chi connectivity index (χ0n) is 9.57. The average Bonchev–Trinajstić information content (AvgIpc) is 2.26. The first kappa shape index (κ1) is 11.8. The molecule has 1 aromatic rings. The van der Waals surface area contributed by atoms with Crippen LogP contribution < -0.4 is 0 Å². The van der Waals surface area contributed by atoms with Gasteiger partial charge in [0.2, 0.25) is 0 Å². The predicted octanol–water partition coefficient (Wildman–Crippen LogP) is 2.81. The second kappa shape index (κ2) is 5.58. The molecule has 0 aliphatic heterocycles. The fourth-order valence-corrected chi connectivity index (χ4v) is 1.57. The third kappa shape index (κ3) is 3.11. The van der Waals surface area contributed by atoms with Gasteiger partial charge in [-0.1, -0.05) is 50.1 Å². The van der Waals surface area contributed by atoms with Crippen molar-refractivity contribution >= 4 is 0 Å². The van der Waals surface area contributed by atoms with E-state index in [-0.39, 0.29) is 11.8 Å². The zero-order valence-corrected chi connectivity index (χ0v) is 9.57. The van der Waals surface area contributed by atoms with E-state index in [2.05, 4.69) is 11.8 Å². The Kier molecular flexibility index (Phi) is 4.39. The van der Waals surface area contributed by atoms with Crippen molar-refractivity contribution in [3.63, 3.8) is 0 Å². The molecule has 0 saturated carbocycles. The second-order valence-electron chi connectivity index (χ2n) is 4.02. The molecular formula is C14H18O. The van der Waals surface area contributed by atoms with Gasteiger partial charge in [0.15, 0.2) is 0 Å². The summed E-state index contributed by atoms with van der Waals surface area (Å²) in [7, 11) is 0. The lowest BCUT2D eigenvalue weighted by Crippen LogP contribution is -2.23. The molecule has 0 unspecified atom stereocenters. The van der Waals surface area contributed by atoms with Crippen molar-refractivity contribution in [1.82, 2.24) is 0 Å². The first-order chi connectivity index (χ1) is 7.16. The lowest BCUT2D eigenvalue weighted by Gasteiger charge is -2.21. The van der Waals surface area contributed by atoms with Crippen LogP contribution in [-0.2, 0) is 0 Å². The lowest BCUT2D eigenvalue weighted by atomic mass is 9.88. The Balaban J connectivity index is 2.97. The van der Waals surface area contributed by atoms with Crippen LogP contribution >= 0.6 is 0 Å². The Morgan fingerprint density at radius 2 is 1.73 bits per heavy atom. The number of aliphatic hydroxyl groups is 1. The summed E-state index contributed by atoms with van der Waals surface area (Å²) in [6.45, 7) is 5.83. The fourth-order valence-electron chi connectivity index (χ4n) is 1.57. The first-order valence-electron chi connectivity index (χ1n) is 5.32. The highest BCUT2D eigenvalue weighted by Gasteiger charge is 2.21. The molecule has 0 spiro atoms. The highest BCUT2D eigenvalue weighted by atomic mass is 16.3. The quantitative estimate of drug-likeness (QED) is 0.747. The number of rotatable bonds is 3. The Morgan fingerprint density at radius 1 is 1.13 bits per heavy atom. The Bertz CT molecular complexity index is 343. The molecule has 1 aromatic carbocycles. The fraction of sp³-hybridized carbons (Fsp3) is 0.429. The lowest BCUT2D eigenvalue weighted by molar-refractivity contribution is 0.113. The van der Waals surface area contributed by atoms with Crippen LogP contribution in [0.4, 0.5) is 0 Å². The van der Waals surface area contributed by atoms with Gasteiger partial charge in [0.05, 0.1) is 12.0 Å². The highest BCUT2D eigenvalue weighted by molar-refractivity contribution is 5.29. The van der Waals surface area contributed by atoms with Crippen molar-refractivity contribution in [2.75, 3.05) is 0 Å². The van der Waals surface area contributed by atoms with Crippen LogP contribution in [0.15, 0.2) is 30.3 Å². The van der Waals surface area contributed by atoms with Crippen molar-refractivity contribution < 1.29 is 5.11 Å². The third-order valence-electron chi connectivity index (χ3n) is 2.48. The summed E-state index contributed by atoms with van der Waals surface area (Å²) < 4.78 is 0. The van der Waals surface area contributed by atoms with Crippen LogP contribution in [0, 0.1) is 17.8 Å². The summed E-state index contributed by atoms with van der Waals surface area (Å²) >= 11 is 0. The van der Waals surface area contributed by atoms with E-state index in [0.29, 0.717) is 0 Å². The second-order valence-corrected chi connectivity index (χ2v) is 4.02. The van der Waals surface area contributed by atoms with Crippen LogP contribution in [-0.4, -0.2) is 11.2 Å². The summed E-state index contributed by atoms with van der Waals surface area (Å²) in [6.07, 6.45) is -0.403. The van der Waals surface area contributed by atoms with E-state index < -0.39 is 6.10 Å². The molecule has 0 aliphatic carbocycles. The third-order valence-corrected chi connectivity index (χ3v) is 2.48. The van der Waals surface area contributed by atoms with Gasteiger partial charge in [-0.05, 0) is 18.4 Å². The van der Waals surface area contributed by atoms with E-state index in [0.717, 1.165) is 5.56 Å². The minimum Gasteiger partial charge on any atom is -0.391 e. The maximum absolute atomic E-state index is 10.1. The largest absolute Gasteiger partial charge is 0.391 e. The van der Waals surface area contributed by atoms with E-state index in [1.807, 2.05) is 51.1 Å². The Labute approximate surface area is 92.1 Å². The van der Waals surface area contributed by atoms with Gasteiger partial charge in [-0.25, -0.2) is 0 Å². The standard InChI is InChI=1S/C14H18O/c1-4-8-13(14(15)11(2)3)12-9-6-5-7-10-12/h5-7,9-11,13-15H,1-3H3/t13-,14+/m0/s1. The molecule has 0 aliphatic rings. The summed E-state index contributed by atoms with van der Waals surface area (Å²) in [5, 5.41) is 10.1. The van der Waals surface area contributed by atoms with Gasteiger partial charge in [-0.2, -0.15) is 0 Å². The minimum absolute atomic E-state index is 0.0730. The molecular weight excluding hydrogens is 184 g/mol. The molecule has 1 heteroatoms. The number of hydrogen-bond donors (Lipinski definition) is 1. The molecule has 0 radical (unpaired) electrons. The molecule has 80 valence electrons. The number of benzene rings is 1. The molecule has 15 heavy (non-hydrogen) atoms. The van der Waals surface area contributed by atoms with Crippen LogP contribution in [0.3, 0.4) is 0 Å². The molecule has 0 amide bonds. The van der Waals surface area contributed by atoms with Gasteiger partial charge in [0, 0.05) is 0 Å². The van der Waals surface area contributed by atoms with Crippen molar-refractivity contribution in [3.05, 3.63) is 35.9 Å². The molecule has 1 rings (SSSR count). The van der Waals surface area contributed by atoms with Gasteiger partial charge in [-0.15, -0.1) is 5.92 Å².